The molecule has 29 heavy (non-hydrogen) atoms. The molecule has 1 aromatic carbocycles. The summed E-state index contributed by atoms with van der Waals surface area (Å²) < 4.78 is 39.4. The fraction of sp³-hybridized carbons (Fsp3) is 0.600. The van der Waals surface area contributed by atoms with Crippen LogP contribution >= 0.6 is 11.6 Å². The zero-order valence-corrected chi connectivity index (χ0v) is 17.4. The lowest BCUT2D eigenvalue weighted by atomic mass is 9.96. The van der Waals surface area contributed by atoms with Crippen molar-refractivity contribution >= 4 is 23.4 Å². The molecular weight excluding hydrogens is 407 g/mol. The quantitative estimate of drug-likeness (QED) is 0.690. The summed E-state index contributed by atoms with van der Waals surface area (Å²) in [5.74, 6) is -0.562. The van der Waals surface area contributed by atoms with E-state index in [1.54, 1.807) is 24.3 Å². The van der Waals surface area contributed by atoms with Gasteiger partial charge in [-0.05, 0) is 63.4 Å². The van der Waals surface area contributed by atoms with E-state index in [1.165, 1.54) is 6.92 Å². The molecule has 0 saturated carbocycles. The van der Waals surface area contributed by atoms with Gasteiger partial charge in [-0.1, -0.05) is 24.6 Å². The molecule has 5 nitrogen and oxygen atoms in total. The highest BCUT2D eigenvalue weighted by molar-refractivity contribution is 6.30. The van der Waals surface area contributed by atoms with E-state index in [-0.39, 0.29) is 24.8 Å². The maximum Gasteiger partial charge on any atom is 0.411 e. The molecule has 1 aliphatic rings. The molecule has 9 heteroatoms. The number of halogens is 4. The molecule has 0 bridgehead atoms. The number of piperidine rings is 1. The van der Waals surface area contributed by atoms with Crippen LogP contribution in [-0.2, 0) is 4.79 Å². The SMILES string of the molecule is CCC(C)(NC(=O)CN1CCC(CNC(=O)c2cccc(Cl)c2)CC1)C(F)(F)F. The van der Waals surface area contributed by atoms with Crippen LogP contribution in [0.1, 0.15) is 43.5 Å². The number of alkyl halides is 3. The van der Waals surface area contributed by atoms with Gasteiger partial charge < -0.3 is 10.6 Å². The molecule has 1 atom stereocenters. The number of hydrogen-bond acceptors (Lipinski definition) is 3. The van der Waals surface area contributed by atoms with Gasteiger partial charge in [0, 0.05) is 17.1 Å². The Morgan fingerprint density at radius 2 is 1.90 bits per heavy atom. The Morgan fingerprint density at radius 1 is 1.24 bits per heavy atom. The van der Waals surface area contributed by atoms with Crippen LogP contribution in [0.2, 0.25) is 5.02 Å². The first-order valence-corrected chi connectivity index (χ1v) is 10.1. The Labute approximate surface area is 174 Å². The average Bonchev–Trinajstić information content (AvgIpc) is 2.66. The van der Waals surface area contributed by atoms with Crippen LogP contribution in [0.25, 0.3) is 0 Å². The van der Waals surface area contributed by atoms with Crippen LogP contribution in [0.15, 0.2) is 24.3 Å². The molecule has 2 amide bonds. The van der Waals surface area contributed by atoms with Crippen molar-refractivity contribution in [1.29, 1.82) is 0 Å². The smallest absolute Gasteiger partial charge is 0.352 e. The molecule has 1 fully saturated rings. The monoisotopic (exact) mass is 433 g/mol. The van der Waals surface area contributed by atoms with Crippen molar-refractivity contribution in [3.05, 3.63) is 34.9 Å². The van der Waals surface area contributed by atoms with E-state index in [1.807, 2.05) is 4.90 Å². The second-order valence-electron chi connectivity index (χ2n) is 7.67. The standard InChI is InChI=1S/C20H27ClF3N3O2/c1-3-19(2,20(22,23)24)26-17(28)13-27-9-7-14(8-10-27)12-25-18(29)15-5-4-6-16(21)11-15/h4-6,11,14H,3,7-10,12-13H2,1-2H3,(H,25,29)(H,26,28). The number of benzene rings is 1. The molecule has 0 aromatic heterocycles. The second-order valence-corrected chi connectivity index (χ2v) is 8.11. The summed E-state index contributed by atoms with van der Waals surface area (Å²) in [7, 11) is 0. The van der Waals surface area contributed by atoms with Gasteiger partial charge in [0.2, 0.25) is 5.91 Å². The number of carbonyl (C=O) groups excluding carboxylic acids is 2. The van der Waals surface area contributed by atoms with Crippen LogP contribution in [-0.4, -0.2) is 54.6 Å². The van der Waals surface area contributed by atoms with E-state index < -0.39 is 17.6 Å². The third-order valence-corrected chi connectivity index (χ3v) is 5.70. The molecule has 0 aliphatic carbocycles. The number of carbonyl (C=O) groups is 2. The normalized spacial score (nSPS) is 18.1. The van der Waals surface area contributed by atoms with E-state index in [4.69, 9.17) is 11.6 Å². The molecule has 2 N–H and O–H groups in total. The maximum atomic E-state index is 13.1. The third-order valence-electron chi connectivity index (χ3n) is 5.46. The van der Waals surface area contributed by atoms with Crippen molar-refractivity contribution in [3.8, 4) is 0 Å². The molecule has 1 aromatic rings. The summed E-state index contributed by atoms with van der Waals surface area (Å²) >= 11 is 5.89. The van der Waals surface area contributed by atoms with Gasteiger partial charge in [-0.25, -0.2) is 0 Å². The van der Waals surface area contributed by atoms with Crippen LogP contribution in [0, 0.1) is 5.92 Å². The molecule has 0 radical (unpaired) electrons. The fourth-order valence-corrected chi connectivity index (χ4v) is 3.42. The number of likely N-dealkylation sites (tertiary alicyclic amines) is 1. The van der Waals surface area contributed by atoms with Crippen LogP contribution in [0.3, 0.4) is 0 Å². The summed E-state index contributed by atoms with van der Waals surface area (Å²) in [5, 5.41) is 5.51. The lowest BCUT2D eigenvalue weighted by Gasteiger charge is -2.35. The first kappa shape index (κ1) is 23.5. The van der Waals surface area contributed by atoms with Gasteiger partial charge in [-0.2, -0.15) is 13.2 Å². The van der Waals surface area contributed by atoms with Gasteiger partial charge in [0.15, 0.2) is 0 Å². The number of hydrogen-bond donors (Lipinski definition) is 2. The molecular formula is C20H27ClF3N3O2. The predicted octanol–water partition coefficient (Wildman–Crippen LogP) is 3.63. The van der Waals surface area contributed by atoms with E-state index >= 15 is 0 Å². The Kier molecular flexibility index (Phi) is 7.94. The molecule has 1 unspecified atom stereocenters. The van der Waals surface area contributed by atoms with E-state index in [0.717, 1.165) is 19.8 Å². The topological polar surface area (TPSA) is 61.4 Å². The van der Waals surface area contributed by atoms with Gasteiger partial charge in [0.1, 0.15) is 5.54 Å². The number of amides is 2. The second kappa shape index (κ2) is 9.80. The number of nitrogens with one attached hydrogen (secondary N) is 2. The Morgan fingerprint density at radius 3 is 2.45 bits per heavy atom. The van der Waals surface area contributed by atoms with Crippen molar-refractivity contribution in [2.45, 2.75) is 44.8 Å². The highest BCUT2D eigenvalue weighted by atomic mass is 35.5. The number of nitrogens with zero attached hydrogens (tertiary/aromatic N) is 1. The molecule has 162 valence electrons. The summed E-state index contributed by atoms with van der Waals surface area (Å²) in [5.41, 5.74) is -1.72. The van der Waals surface area contributed by atoms with Crippen LogP contribution in [0.4, 0.5) is 13.2 Å². The van der Waals surface area contributed by atoms with E-state index in [0.29, 0.717) is 30.2 Å². The maximum absolute atomic E-state index is 13.1. The van der Waals surface area contributed by atoms with Crippen LogP contribution < -0.4 is 10.6 Å². The Balaban J connectivity index is 1.75. The minimum Gasteiger partial charge on any atom is -0.352 e. The van der Waals surface area contributed by atoms with Crippen molar-refractivity contribution in [2.75, 3.05) is 26.2 Å². The first-order valence-electron chi connectivity index (χ1n) is 9.68. The van der Waals surface area contributed by atoms with E-state index in [2.05, 4.69) is 10.6 Å². The minimum absolute atomic E-state index is 0.0622. The van der Waals surface area contributed by atoms with Gasteiger partial charge in [-0.15, -0.1) is 0 Å². The van der Waals surface area contributed by atoms with Gasteiger partial charge >= 0.3 is 6.18 Å². The van der Waals surface area contributed by atoms with Gasteiger partial charge in [-0.3, -0.25) is 14.5 Å². The predicted molar refractivity (Wildman–Crippen MR) is 106 cm³/mol. The summed E-state index contributed by atoms with van der Waals surface area (Å²) in [6.07, 6.45) is -3.21. The molecule has 1 saturated heterocycles. The van der Waals surface area contributed by atoms with Gasteiger partial charge in [0.05, 0.1) is 6.54 Å². The number of rotatable bonds is 7. The van der Waals surface area contributed by atoms with Crippen molar-refractivity contribution in [2.24, 2.45) is 5.92 Å². The summed E-state index contributed by atoms with van der Waals surface area (Å²) in [6, 6.07) is 6.70. The third kappa shape index (κ3) is 6.60. The molecule has 1 heterocycles. The molecule has 0 spiro atoms. The lowest BCUT2D eigenvalue weighted by molar-refractivity contribution is -0.194. The summed E-state index contributed by atoms with van der Waals surface area (Å²) in [4.78, 5) is 26.1. The van der Waals surface area contributed by atoms with Gasteiger partial charge in [0.25, 0.3) is 5.91 Å². The zero-order chi connectivity index (χ0) is 21.7. The van der Waals surface area contributed by atoms with Crippen molar-refractivity contribution < 1.29 is 22.8 Å². The minimum atomic E-state index is -4.49. The average molecular weight is 434 g/mol. The lowest BCUT2D eigenvalue weighted by Crippen LogP contribution is -2.58. The zero-order valence-electron chi connectivity index (χ0n) is 16.6. The fourth-order valence-electron chi connectivity index (χ4n) is 3.23. The van der Waals surface area contributed by atoms with Crippen molar-refractivity contribution in [1.82, 2.24) is 15.5 Å². The Bertz CT molecular complexity index is 721. The van der Waals surface area contributed by atoms with Crippen molar-refractivity contribution in [3.63, 3.8) is 0 Å². The largest absolute Gasteiger partial charge is 0.411 e. The summed E-state index contributed by atoms with van der Waals surface area (Å²) in [6.45, 7) is 4.04. The highest BCUT2D eigenvalue weighted by Gasteiger charge is 2.50. The first-order chi connectivity index (χ1) is 13.5. The van der Waals surface area contributed by atoms with Crippen LogP contribution in [0.5, 0.6) is 0 Å². The van der Waals surface area contributed by atoms with E-state index in [9.17, 15) is 22.8 Å². The Hall–Kier alpha value is -1.80. The molecule has 2 rings (SSSR count). The molecule has 1 aliphatic heterocycles. The highest BCUT2D eigenvalue weighted by Crippen LogP contribution is 2.32.